The maximum Gasteiger partial charge on any atom is 0.0839 e. The Bertz CT molecular complexity index is 473. The van der Waals surface area contributed by atoms with E-state index in [2.05, 4.69) is 35.4 Å². The number of hydrogen-bond acceptors (Lipinski definition) is 1. The summed E-state index contributed by atoms with van der Waals surface area (Å²) in [6.45, 7) is 0. The minimum Gasteiger partial charge on any atom is -0.144 e. The monoisotopic (exact) mass is 206 g/mol. The van der Waals surface area contributed by atoms with Gasteiger partial charge in [-0.25, -0.2) is 0 Å². The molecule has 0 aliphatic heterocycles. The molecule has 0 aliphatic carbocycles. The molecule has 0 fully saturated rings. The number of rotatable bonds is 0. The van der Waals surface area contributed by atoms with Crippen molar-refractivity contribution < 1.29 is 0 Å². The molecule has 0 nitrogen and oxygen atoms in total. The summed E-state index contributed by atoms with van der Waals surface area (Å²) in [6.07, 6.45) is 0. The molecule has 1 aromatic heterocycles. The van der Waals surface area contributed by atoms with Crippen LogP contribution >= 0.6 is 22.9 Å². The molecule has 64 valence electrons. The van der Waals surface area contributed by atoms with Crippen LogP contribution in [-0.4, -0.2) is 5.88 Å². The third-order valence-electron chi connectivity index (χ3n) is 1.75. The highest BCUT2D eigenvalue weighted by atomic mass is 35.5. The Labute approximate surface area is 86.2 Å². The number of halogens is 1. The van der Waals surface area contributed by atoms with E-state index < -0.39 is 0 Å². The van der Waals surface area contributed by atoms with E-state index in [1.165, 1.54) is 10.1 Å². The highest BCUT2D eigenvalue weighted by Gasteiger charge is 1.94. The Kier molecular flexibility index (Phi) is 2.54. The maximum absolute atomic E-state index is 5.48. The van der Waals surface area contributed by atoms with E-state index in [1.807, 2.05) is 6.07 Å². The predicted molar refractivity (Wildman–Crippen MR) is 59.4 cm³/mol. The van der Waals surface area contributed by atoms with Crippen LogP contribution in [0.1, 0.15) is 5.56 Å². The summed E-state index contributed by atoms with van der Waals surface area (Å²) >= 11 is 7.22. The number of thiophene rings is 1. The summed E-state index contributed by atoms with van der Waals surface area (Å²) in [5, 5.41) is 3.34. The molecule has 1 aromatic carbocycles. The summed E-state index contributed by atoms with van der Waals surface area (Å²) in [6, 6.07) is 8.31. The molecule has 2 heteroatoms. The summed E-state index contributed by atoms with van der Waals surface area (Å²) < 4.78 is 1.30. The Hall–Kier alpha value is -0.970. The third kappa shape index (κ3) is 1.85. The van der Waals surface area contributed by atoms with Crippen LogP contribution in [0, 0.1) is 11.8 Å². The first-order chi connectivity index (χ1) is 6.40. The fraction of sp³-hybridized carbons (Fsp3) is 0.0909. The lowest BCUT2D eigenvalue weighted by Gasteiger charge is -1.90. The molecule has 0 amide bonds. The van der Waals surface area contributed by atoms with Gasteiger partial charge in [0.05, 0.1) is 5.88 Å². The minimum atomic E-state index is 0.391. The molecule has 0 unspecified atom stereocenters. The molecule has 0 radical (unpaired) electrons. The lowest BCUT2D eigenvalue weighted by atomic mass is 10.2. The topological polar surface area (TPSA) is 0 Å². The number of benzene rings is 1. The molecule has 1 heterocycles. The van der Waals surface area contributed by atoms with Crippen molar-refractivity contribution >= 4 is 33.0 Å². The van der Waals surface area contributed by atoms with Gasteiger partial charge in [-0.1, -0.05) is 11.8 Å². The van der Waals surface area contributed by atoms with E-state index in [0.717, 1.165) is 5.56 Å². The first kappa shape index (κ1) is 8.62. The fourth-order valence-electron chi connectivity index (χ4n) is 1.18. The molecule has 0 N–H and O–H groups in total. The van der Waals surface area contributed by atoms with Gasteiger partial charge in [0.1, 0.15) is 0 Å². The zero-order chi connectivity index (χ0) is 9.10. The van der Waals surface area contributed by atoms with E-state index in [-0.39, 0.29) is 0 Å². The molecule has 2 rings (SSSR count). The molecular formula is C11H7ClS. The van der Waals surface area contributed by atoms with Crippen LogP contribution in [0.2, 0.25) is 0 Å². The Morgan fingerprint density at radius 3 is 3.08 bits per heavy atom. The van der Waals surface area contributed by atoms with Crippen LogP contribution in [0.5, 0.6) is 0 Å². The average Bonchev–Trinajstić information content (AvgIpc) is 2.61. The van der Waals surface area contributed by atoms with Gasteiger partial charge < -0.3 is 0 Å². The van der Waals surface area contributed by atoms with Crippen LogP contribution in [0.3, 0.4) is 0 Å². The molecule has 13 heavy (non-hydrogen) atoms. The quantitative estimate of drug-likeness (QED) is 0.457. The van der Waals surface area contributed by atoms with Crippen molar-refractivity contribution in [3.8, 4) is 11.8 Å². The second-order valence-electron chi connectivity index (χ2n) is 2.61. The molecule has 0 spiro atoms. The first-order valence-electron chi connectivity index (χ1n) is 3.92. The lowest BCUT2D eigenvalue weighted by Crippen LogP contribution is -1.72. The summed E-state index contributed by atoms with van der Waals surface area (Å²) in [5.41, 5.74) is 1.03. The second-order valence-corrected chi connectivity index (χ2v) is 3.82. The summed E-state index contributed by atoms with van der Waals surface area (Å²) in [4.78, 5) is 0. The van der Waals surface area contributed by atoms with E-state index >= 15 is 0 Å². The van der Waals surface area contributed by atoms with Crippen molar-refractivity contribution in [2.75, 3.05) is 5.88 Å². The predicted octanol–water partition coefficient (Wildman–Crippen LogP) is 3.49. The highest BCUT2D eigenvalue weighted by Crippen LogP contribution is 2.21. The molecule has 0 saturated carbocycles. The molecule has 0 atom stereocenters. The fourth-order valence-corrected chi connectivity index (χ4v) is 2.02. The van der Waals surface area contributed by atoms with Crippen LogP contribution in [0.25, 0.3) is 10.1 Å². The van der Waals surface area contributed by atoms with Crippen LogP contribution in [0.4, 0.5) is 0 Å². The molecular weight excluding hydrogens is 200 g/mol. The first-order valence-corrected chi connectivity index (χ1v) is 5.33. The van der Waals surface area contributed by atoms with E-state index in [1.54, 1.807) is 11.3 Å². The van der Waals surface area contributed by atoms with Gasteiger partial charge in [0.15, 0.2) is 0 Å². The van der Waals surface area contributed by atoms with Crippen molar-refractivity contribution in [3.63, 3.8) is 0 Å². The highest BCUT2D eigenvalue weighted by molar-refractivity contribution is 7.17. The normalized spacial score (nSPS) is 9.62. The zero-order valence-electron chi connectivity index (χ0n) is 6.88. The lowest BCUT2D eigenvalue weighted by molar-refractivity contribution is 1.73. The van der Waals surface area contributed by atoms with Crippen molar-refractivity contribution in [2.24, 2.45) is 0 Å². The third-order valence-corrected chi connectivity index (χ3v) is 2.78. The summed E-state index contributed by atoms with van der Waals surface area (Å²) in [5.74, 6) is 6.23. The molecule has 0 aliphatic rings. The van der Waals surface area contributed by atoms with Crippen molar-refractivity contribution in [3.05, 3.63) is 35.2 Å². The summed E-state index contributed by atoms with van der Waals surface area (Å²) in [7, 11) is 0. The number of alkyl halides is 1. The van der Waals surface area contributed by atoms with Crippen LogP contribution in [0.15, 0.2) is 29.6 Å². The second kappa shape index (κ2) is 3.83. The molecule has 2 aromatic rings. The number of fused-ring (bicyclic) bond motifs is 1. The largest absolute Gasteiger partial charge is 0.144 e. The molecule has 0 saturated heterocycles. The Morgan fingerprint density at radius 2 is 2.23 bits per heavy atom. The average molecular weight is 207 g/mol. The van der Waals surface area contributed by atoms with Gasteiger partial charge >= 0.3 is 0 Å². The van der Waals surface area contributed by atoms with E-state index in [4.69, 9.17) is 11.6 Å². The zero-order valence-corrected chi connectivity index (χ0v) is 8.45. The van der Waals surface area contributed by atoms with E-state index in [9.17, 15) is 0 Å². The van der Waals surface area contributed by atoms with Crippen molar-refractivity contribution in [1.29, 1.82) is 0 Å². The Balaban J connectivity index is 2.48. The van der Waals surface area contributed by atoms with E-state index in [0.29, 0.717) is 5.88 Å². The van der Waals surface area contributed by atoms with Gasteiger partial charge in [-0.15, -0.1) is 22.9 Å². The van der Waals surface area contributed by atoms with Gasteiger partial charge in [-0.2, -0.15) is 0 Å². The van der Waals surface area contributed by atoms with Gasteiger partial charge in [-0.3, -0.25) is 0 Å². The Morgan fingerprint density at radius 1 is 1.31 bits per heavy atom. The van der Waals surface area contributed by atoms with Crippen LogP contribution < -0.4 is 0 Å². The van der Waals surface area contributed by atoms with Crippen LogP contribution in [-0.2, 0) is 0 Å². The van der Waals surface area contributed by atoms with Gasteiger partial charge in [0.2, 0.25) is 0 Å². The standard InChI is InChI=1S/C11H7ClS/c12-6-1-2-9-3-4-11-10(8-9)5-7-13-11/h3-5,7-8H,6H2. The minimum absolute atomic E-state index is 0.391. The van der Waals surface area contributed by atoms with Gasteiger partial charge in [0, 0.05) is 10.3 Å². The molecule has 0 bridgehead atoms. The SMILES string of the molecule is ClCC#Cc1ccc2sccc2c1. The smallest absolute Gasteiger partial charge is 0.0839 e. The van der Waals surface area contributed by atoms with Gasteiger partial charge in [-0.05, 0) is 35.0 Å². The maximum atomic E-state index is 5.48. The van der Waals surface area contributed by atoms with Gasteiger partial charge in [0.25, 0.3) is 0 Å². The number of hydrogen-bond donors (Lipinski definition) is 0. The van der Waals surface area contributed by atoms with Crippen molar-refractivity contribution in [1.82, 2.24) is 0 Å². The van der Waals surface area contributed by atoms with Crippen molar-refractivity contribution in [2.45, 2.75) is 0 Å².